The lowest BCUT2D eigenvalue weighted by Gasteiger charge is -2.04. The molecule has 0 bridgehead atoms. The van der Waals surface area contributed by atoms with Gasteiger partial charge in [-0.25, -0.2) is 0 Å². The van der Waals surface area contributed by atoms with E-state index in [4.69, 9.17) is 27.9 Å². The summed E-state index contributed by atoms with van der Waals surface area (Å²) in [6.07, 6.45) is 0. The van der Waals surface area contributed by atoms with Crippen LogP contribution in [0.3, 0.4) is 0 Å². The molecule has 7 nitrogen and oxygen atoms in total. The quantitative estimate of drug-likeness (QED) is 0.637. The topological polar surface area (TPSA) is 95.2 Å². The van der Waals surface area contributed by atoms with Crippen molar-refractivity contribution < 1.29 is 9.66 Å². The van der Waals surface area contributed by atoms with Crippen molar-refractivity contribution in [1.82, 2.24) is 8.75 Å². The SMILES string of the molecule is O=c1c(Cl)nsnc1Oc1ccc([N+](=O)[O-])cc1Cl. The zero-order valence-electron chi connectivity index (χ0n) is 8.87. The minimum Gasteiger partial charge on any atom is -0.433 e. The second kappa shape index (κ2) is 5.47. The number of aromatic nitrogens is 2. The highest BCUT2D eigenvalue weighted by Gasteiger charge is 2.14. The molecule has 0 aliphatic heterocycles. The lowest BCUT2D eigenvalue weighted by molar-refractivity contribution is -0.384. The van der Waals surface area contributed by atoms with E-state index in [1.165, 1.54) is 12.1 Å². The monoisotopic (exact) mass is 319 g/mol. The van der Waals surface area contributed by atoms with Gasteiger partial charge >= 0.3 is 0 Å². The number of ether oxygens (including phenoxy) is 1. The maximum absolute atomic E-state index is 11.5. The predicted octanol–water partition coefficient (Wildman–Crippen LogP) is 2.91. The van der Waals surface area contributed by atoms with E-state index in [1.54, 1.807) is 0 Å². The van der Waals surface area contributed by atoms with Crippen molar-refractivity contribution in [2.45, 2.75) is 0 Å². The van der Waals surface area contributed by atoms with Crippen LogP contribution in [0.4, 0.5) is 5.69 Å². The number of nitro benzene ring substituents is 1. The summed E-state index contributed by atoms with van der Waals surface area (Å²) in [5, 5.41) is 10.3. The van der Waals surface area contributed by atoms with E-state index in [1.807, 2.05) is 0 Å². The molecule has 2 rings (SSSR count). The van der Waals surface area contributed by atoms with Crippen LogP contribution in [0.25, 0.3) is 0 Å². The summed E-state index contributed by atoms with van der Waals surface area (Å²) < 4.78 is 12.3. The van der Waals surface area contributed by atoms with Gasteiger partial charge < -0.3 is 4.74 Å². The van der Waals surface area contributed by atoms with Crippen LogP contribution >= 0.6 is 34.9 Å². The van der Waals surface area contributed by atoms with Crippen molar-refractivity contribution >= 4 is 40.6 Å². The summed E-state index contributed by atoms with van der Waals surface area (Å²) in [4.78, 5) is 21.5. The average molecular weight is 320 g/mol. The van der Waals surface area contributed by atoms with E-state index in [9.17, 15) is 14.9 Å². The van der Waals surface area contributed by atoms with Crippen molar-refractivity contribution in [1.29, 1.82) is 0 Å². The first-order chi connectivity index (χ1) is 8.99. The summed E-state index contributed by atoms with van der Waals surface area (Å²) >= 11 is 12.0. The predicted molar refractivity (Wildman–Crippen MR) is 69.4 cm³/mol. The molecule has 1 aromatic carbocycles. The first-order valence-electron chi connectivity index (χ1n) is 4.63. The molecular formula is C9H3Cl2N3O4S. The smallest absolute Gasteiger partial charge is 0.283 e. The lowest BCUT2D eigenvalue weighted by atomic mass is 10.3. The third-order valence-corrected chi connectivity index (χ3v) is 3.12. The fourth-order valence-corrected chi connectivity index (χ4v) is 1.90. The Bertz CT molecular complexity index is 706. The summed E-state index contributed by atoms with van der Waals surface area (Å²) in [5.74, 6) is -0.230. The summed E-state index contributed by atoms with van der Waals surface area (Å²) in [6, 6.07) is 3.56. The maximum Gasteiger partial charge on any atom is 0.283 e. The molecule has 0 amide bonds. The summed E-state index contributed by atoms with van der Waals surface area (Å²) in [5.41, 5.74) is -0.877. The van der Waals surface area contributed by atoms with Gasteiger partial charge in [0, 0.05) is 12.1 Å². The number of benzene rings is 1. The van der Waals surface area contributed by atoms with E-state index < -0.39 is 10.4 Å². The number of hydrogen-bond acceptors (Lipinski definition) is 7. The molecule has 19 heavy (non-hydrogen) atoms. The van der Waals surface area contributed by atoms with Gasteiger partial charge in [-0.1, -0.05) is 23.2 Å². The average Bonchev–Trinajstić information content (AvgIpc) is 2.37. The standard InChI is InChI=1S/C9H3Cl2N3O4S/c10-5-3-4(14(16)17)1-2-6(5)18-9-7(15)8(11)12-19-13-9/h1-3H. The first-order valence-corrected chi connectivity index (χ1v) is 6.12. The number of nitro groups is 1. The molecule has 1 heterocycles. The van der Waals surface area contributed by atoms with Crippen LogP contribution in [-0.4, -0.2) is 13.7 Å². The molecule has 0 saturated carbocycles. The van der Waals surface area contributed by atoms with E-state index in [0.29, 0.717) is 11.7 Å². The van der Waals surface area contributed by atoms with Crippen molar-refractivity contribution in [2.24, 2.45) is 0 Å². The largest absolute Gasteiger partial charge is 0.433 e. The van der Waals surface area contributed by atoms with Crippen LogP contribution in [0.2, 0.25) is 10.2 Å². The second-order valence-corrected chi connectivity index (χ2v) is 4.46. The molecule has 0 saturated heterocycles. The van der Waals surface area contributed by atoms with Crippen LogP contribution in [-0.2, 0) is 0 Å². The highest BCUT2D eigenvalue weighted by molar-refractivity contribution is 6.99. The fraction of sp³-hybridized carbons (Fsp3) is 0. The number of rotatable bonds is 3. The molecule has 0 N–H and O–H groups in total. The summed E-state index contributed by atoms with van der Waals surface area (Å²) in [6.45, 7) is 0. The van der Waals surface area contributed by atoms with Gasteiger partial charge in [0.25, 0.3) is 17.0 Å². The third-order valence-electron chi connectivity index (χ3n) is 1.96. The minimum absolute atomic E-state index is 0.0201. The van der Waals surface area contributed by atoms with Gasteiger partial charge in [0.2, 0.25) is 0 Å². The Morgan fingerprint density at radius 1 is 1.32 bits per heavy atom. The van der Waals surface area contributed by atoms with Crippen LogP contribution in [0.1, 0.15) is 0 Å². The number of hydrogen-bond donors (Lipinski definition) is 0. The Labute approximate surface area is 119 Å². The molecule has 2 aromatic rings. The fourth-order valence-electron chi connectivity index (χ4n) is 1.12. The van der Waals surface area contributed by atoms with Crippen molar-refractivity contribution in [3.8, 4) is 11.6 Å². The van der Waals surface area contributed by atoms with E-state index in [0.717, 1.165) is 6.07 Å². The molecular weight excluding hydrogens is 317 g/mol. The van der Waals surface area contributed by atoms with Gasteiger partial charge in [0.1, 0.15) is 5.75 Å². The van der Waals surface area contributed by atoms with Gasteiger partial charge in [-0.15, -0.1) is 4.37 Å². The van der Waals surface area contributed by atoms with E-state index in [-0.39, 0.29) is 27.5 Å². The van der Waals surface area contributed by atoms with E-state index in [2.05, 4.69) is 8.75 Å². The highest BCUT2D eigenvalue weighted by atomic mass is 35.5. The highest BCUT2D eigenvalue weighted by Crippen LogP contribution is 2.31. The maximum atomic E-state index is 11.5. The molecule has 1 aromatic heterocycles. The van der Waals surface area contributed by atoms with Crippen LogP contribution in [0, 0.1) is 10.1 Å². The molecule has 98 valence electrons. The molecule has 10 heteroatoms. The number of nitrogens with zero attached hydrogens (tertiary/aromatic N) is 3. The Morgan fingerprint density at radius 2 is 2.05 bits per heavy atom. The Kier molecular flexibility index (Phi) is 3.93. The van der Waals surface area contributed by atoms with Crippen molar-refractivity contribution in [3.05, 3.63) is 48.7 Å². The third kappa shape index (κ3) is 2.98. The molecule has 0 spiro atoms. The number of non-ortho nitro benzene ring substituents is 1. The molecule has 0 atom stereocenters. The van der Waals surface area contributed by atoms with Crippen LogP contribution in [0.5, 0.6) is 11.6 Å². The zero-order valence-corrected chi connectivity index (χ0v) is 11.2. The van der Waals surface area contributed by atoms with Crippen molar-refractivity contribution in [2.75, 3.05) is 0 Å². The molecule has 0 aliphatic carbocycles. The van der Waals surface area contributed by atoms with Gasteiger partial charge in [-0.3, -0.25) is 14.9 Å². The van der Waals surface area contributed by atoms with Gasteiger partial charge in [-0.2, -0.15) is 4.37 Å². The zero-order chi connectivity index (χ0) is 14.0. The normalized spacial score (nSPS) is 10.2. The van der Waals surface area contributed by atoms with Crippen LogP contribution in [0.15, 0.2) is 23.0 Å². The molecule has 0 unspecified atom stereocenters. The minimum atomic E-state index is -0.685. The van der Waals surface area contributed by atoms with Gasteiger partial charge in [-0.05, 0) is 6.07 Å². The Hall–Kier alpha value is -1.77. The Balaban J connectivity index is 2.36. The van der Waals surface area contributed by atoms with Crippen molar-refractivity contribution in [3.63, 3.8) is 0 Å². The first kappa shape index (κ1) is 13.7. The van der Waals surface area contributed by atoms with Gasteiger partial charge in [0.15, 0.2) is 5.15 Å². The summed E-state index contributed by atoms with van der Waals surface area (Å²) in [7, 11) is 0. The Morgan fingerprint density at radius 3 is 2.68 bits per heavy atom. The molecule has 0 radical (unpaired) electrons. The van der Waals surface area contributed by atoms with E-state index >= 15 is 0 Å². The molecule has 0 fully saturated rings. The lowest BCUT2D eigenvalue weighted by Crippen LogP contribution is -2.07. The number of halogens is 2. The second-order valence-electron chi connectivity index (χ2n) is 3.16. The molecule has 0 aliphatic rings. The van der Waals surface area contributed by atoms with Crippen LogP contribution < -0.4 is 10.2 Å². The van der Waals surface area contributed by atoms with Gasteiger partial charge in [0.05, 0.1) is 21.7 Å².